The minimum Gasteiger partial charge on any atom is -0.321 e. The normalized spacial score (nSPS) is 10.7. The maximum absolute atomic E-state index is 12.7. The minimum absolute atomic E-state index is 0.0698. The lowest BCUT2D eigenvalue weighted by molar-refractivity contribution is 0.103. The number of hydrogen-bond donors (Lipinski definition) is 1. The molecule has 1 amide bonds. The molecule has 0 spiro atoms. The fourth-order valence-electron chi connectivity index (χ4n) is 2.74. The molecule has 116 valence electrons. The van der Waals surface area contributed by atoms with E-state index >= 15 is 0 Å². The van der Waals surface area contributed by atoms with Crippen LogP contribution in [-0.4, -0.2) is 5.91 Å². The average Bonchev–Trinajstić information content (AvgIpc) is 3.07. The zero-order chi connectivity index (χ0) is 16.4. The van der Waals surface area contributed by atoms with Gasteiger partial charge in [0.1, 0.15) is 0 Å². The number of nitrogens with one attached hydrogen (secondary N) is 1. The Kier molecular flexibility index (Phi) is 3.85. The van der Waals surface area contributed by atoms with E-state index in [1.165, 1.54) is 11.3 Å². The maximum Gasteiger partial charge on any atom is 0.265 e. The summed E-state index contributed by atoms with van der Waals surface area (Å²) in [4.78, 5) is 13.4. The molecule has 0 fully saturated rings. The van der Waals surface area contributed by atoms with Gasteiger partial charge in [-0.15, -0.1) is 11.3 Å². The molecule has 0 unspecified atom stereocenters. The van der Waals surface area contributed by atoms with Crippen LogP contribution >= 0.6 is 11.3 Å². The van der Waals surface area contributed by atoms with E-state index in [0.717, 1.165) is 31.8 Å². The Morgan fingerprint density at radius 3 is 2.33 bits per heavy atom. The molecule has 0 aliphatic carbocycles. The van der Waals surface area contributed by atoms with Crippen LogP contribution < -0.4 is 5.32 Å². The third-order valence-electron chi connectivity index (χ3n) is 3.91. The van der Waals surface area contributed by atoms with Gasteiger partial charge in [-0.25, -0.2) is 0 Å². The SMILES string of the molecule is O=C(Nc1ccccc1-c1ccccc1)c1cc2ccccc2s1. The summed E-state index contributed by atoms with van der Waals surface area (Å²) in [6.07, 6.45) is 0. The third-order valence-corrected chi connectivity index (χ3v) is 5.02. The Balaban J connectivity index is 1.67. The van der Waals surface area contributed by atoms with Crippen molar-refractivity contribution in [2.75, 3.05) is 5.32 Å². The van der Waals surface area contributed by atoms with Crippen molar-refractivity contribution in [1.29, 1.82) is 0 Å². The second-order valence-electron chi connectivity index (χ2n) is 5.51. The summed E-state index contributed by atoms with van der Waals surface area (Å²) in [7, 11) is 0. The molecule has 1 aromatic heterocycles. The van der Waals surface area contributed by atoms with Crippen molar-refractivity contribution in [1.82, 2.24) is 0 Å². The molecule has 4 aromatic rings. The molecular weight excluding hydrogens is 314 g/mol. The second-order valence-corrected chi connectivity index (χ2v) is 6.60. The fourth-order valence-corrected chi connectivity index (χ4v) is 3.70. The van der Waals surface area contributed by atoms with E-state index in [1.807, 2.05) is 84.9 Å². The van der Waals surface area contributed by atoms with E-state index in [1.54, 1.807) is 0 Å². The highest BCUT2D eigenvalue weighted by Crippen LogP contribution is 2.30. The Bertz CT molecular complexity index is 971. The number of fused-ring (bicyclic) bond motifs is 1. The first kappa shape index (κ1) is 14.7. The first-order valence-corrected chi connectivity index (χ1v) is 8.57. The molecule has 0 atom stereocenters. The summed E-state index contributed by atoms with van der Waals surface area (Å²) >= 11 is 1.51. The number of rotatable bonds is 3. The summed E-state index contributed by atoms with van der Waals surface area (Å²) in [6, 6.07) is 28.0. The number of hydrogen-bond acceptors (Lipinski definition) is 2. The molecule has 1 N–H and O–H groups in total. The highest BCUT2D eigenvalue weighted by molar-refractivity contribution is 7.20. The summed E-state index contributed by atoms with van der Waals surface area (Å²) in [5.41, 5.74) is 2.93. The number of anilines is 1. The van der Waals surface area contributed by atoms with Crippen LogP contribution in [0.4, 0.5) is 5.69 Å². The third kappa shape index (κ3) is 2.82. The Hall–Kier alpha value is -2.91. The fraction of sp³-hybridized carbons (Fsp3) is 0. The second kappa shape index (κ2) is 6.30. The predicted molar refractivity (Wildman–Crippen MR) is 102 cm³/mol. The molecule has 4 rings (SSSR count). The van der Waals surface area contributed by atoms with Crippen molar-refractivity contribution in [3.8, 4) is 11.1 Å². The molecule has 0 saturated heterocycles. The molecule has 0 saturated carbocycles. The number of carbonyl (C=O) groups excluding carboxylic acids is 1. The Labute approximate surface area is 144 Å². The van der Waals surface area contributed by atoms with E-state index in [-0.39, 0.29) is 5.91 Å². The first-order valence-electron chi connectivity index (χ1n) is 7.76. The van der Waals surface area contributed by atoms with Gasteiger partial charge in [0.15, 0.2) is 0 Å². The van der Waals surface area contributed by atoms with Gasteiger partial charge in [0.05, 0.1) is 4.88 Å². The van der Waals surface area contributed by atoms with Gasteiger partial charge in [0, 0.05) is 16.0 Å². The van der Waals surface area contributed by atoms with Crippen LogP contribution in [0.1, 0.15) is 9.67 Å². The van der Waals surface area contributed by atoms with Crippen molar-refractivity contribution in [3.63, 3.8) is 0 Å². The monoisotopic (exact) mass is 329 g/mol. The van der Waals surface area contributed by atoms with Crippen LogP contribution in [0.3, 0.4) is 0 Å². The summed E-state index contributed by atoms with van der Waals surface area (Å²) in [5.74, 6) is -0.0698. The van der Waals surface area contributed by atoms with E-state index in [2.05, 4.69) is 5.32 Å². The molecule has 3 aromatic carbocycles. The van der Waals surface area contributed by atoms with E-state index in [4.69, 9.17) is 0 Å². The van der Waals surface area contributed by atoms with Crippen LogP contribution in [0.5, 0.6) is 0 Å². The largest absolute Gasteiger partial charge is 0.321 e. The van der Waals surface area contributed by atoms with Crippen molar-refractivity contribution >= 4 is 33.0 Å². The van der Waals surface area contributed by atoms with Gasteiger partial charge in [-0.2, -0.15) is 0 Å². The molecule has 24 heavy (non-hydrogen) atoms. The lowest BCUT2D eigenvalue weighted by Gasteiger charge is -2.10. The predicted octanol–water partition coefficient (Wildman–Crippen LogP) is 5.82. The summed E-state index contributed by atoms with van der Waals surface area (Å²) in [6.45, 7) is 0. The summed E-state index contributed by atoms with van der Waals surface area (Å²) in [5, 5.41) is 4.16. The van der Waals surface area contributed by atoms with Gasteiger partial charge in [0.2, 0.25) is 0 Å². The molecule has 0 radical (unpaired) electrons. The standard InChI is InChI=1S/C21H15NOS/c23-21(20-14-16-10-4-7-13-19(16)24-20)22-18-12-6-5-11-17(18)15-8-2-1-3-9-15/h1-14H,(H,22,23). The molecule has 0 aliphatic rings. The van der Waals surface area contributed by atoms with E-state index < -0.39 is 0 Å². The van der Waals surface area contributed by atoms with Gasteiger partial charge in [0.25, 0.3) is 5.91 Å². The van der Waals surface area contributed by atoms with Crippen LogP contribution in [0.2, 0.25) is 0 Å². The number of amides is 1. The van der Waals surface area contributed by atoms with Crippen molar-refractivity contribution in [2.45, 2.75) is 0 Å². The van der Waals surface area contributed by atoms with Crippen LogP contribution in [0.25, 0.3) is 21.2 Å². The van der Waals surface area contributed by atoms with E-state index in [0.29, 0.717) is 0 Å². The lowest BCUT2D eigenvalue weighted by atomic mass is 10.0. The Morgan fingerprint density at radius 1 is 0.792 bits per heavy atom. The zero-order valence-electron chi connectivity index (χ0n) is 12.9. The van der Waals surface area contributed by atoms with Gasteiger partial charge in [-0.3, -0.25) is 4.79 Å². The quantitative estimate of drug-likeness (QED) is 0.504. The van der Waals surface area contributed by atoms with Crippen molar-refractivity contribution in [2.24, 2.45) is 0 Å². The molecule has 0 aliphatic heterocycles. The smallest absolute Gasteiger partial charge is 0.265 e. The van der Waals surface area contributed by atoms with Gasteiger partial charge in [-0.05, 0) is 29.1 Å². The number of benzene rings is 3. The topological polar surface area (TPSA) is 29.1 Å². The highest BCUT2D eigenvalue weighted by Gasteiger charge is 2.12. The average molecular weight is 329 g/mol. The molecular formula is C21H15NOS. The highest BCUT2D eigenvalue weighted by atomic mass is 32.1. The van der Waals surface area contributed by atoms with Gasteiger partial charge >= 0.3 is 0 Å². The number of para-hydroxylation sites is 1. The minimum atomic E-state index is -0.0698. The summed E-state index contributed by atoms with van der Waals surface area (Å²) < 4.78 is 1.12. The lowest BCUT2D eigenvalue weighted by Crippen LogP contribution is -2.10. The van der Waals surface area contributed by atoms with E-state index in [9.17, 15) is 4.79 Å². The van der Waals surface area contributed by atoms with Crippen LogP contribution in [0, 0.1) is 0 Å². The number of carbonyl (C=O) groups is 1. The van der Waals surface area contributed by atoms with Gasteiger partial charge in [-0.1, -0.05) is 66.7 Å². The van der Waals surface area contributed by atoms with Gasteiger partial charge < -0.3 is 5.32 Å². The Morgan fingerprint density at radius 2 is 1.50 bits per heavy atom. The van der Waals surface area contributed by atoms with Crippen LogP contribution in [-0.2, 0) is 0 Å². The van der Waals surface area contributed by atoms with Crippen LogP contribution in [0.15, 0.2) is 84.9 Å². The van der Waals surface area contributed by atoms with Crippen molar-refractivity contribution in [3.05, 3.63) is 89.8 Å². The van der Waals surface area contributed by atoms with Crippen molar-refractivity contribution < 1.29 is 4.79 Å². The first-order chi connectivity index (χ1) is 11.8. The molecule has 0 bridgehead atoms. The zero-order valence-corrected chi connectivity index (χ0v) is 13.7. The maximum atomic E-state index is 12.7. The molecule has 1 heterocycles. The molecule has 3 heteroatoms. The number of thiophene rings is 1. The molecule has 2 nitrogen and oxygen atoms in total.